The molecule has 2 aliphatic heterocycles. The van der Waals surface area contributed by atoms with Gasteiger partial charge in [0.1, 0.15) is 11.9 Å². The number of fused-ring (bicyclic) bond motifs is 1. The van der Waals surface area contributed by atoms with E-state index in [0.717, 1.165) is 50.5 Å². The van der Waals surface area contributed by atoms with E-state index < -0.39 is 0 Å². The third-order valence-corrected chi connectivity index (χ3v) is 4.37. The van der Waals surface area contributed by atoms with E-state index in [1.807, 2.05) is 0 Å². The molecule has 0 radical (unpaired) electrons. The molecule has 5 nitrogen and oxygen atoms in total. The molecule has 1 atom stereocenters. The van der Waals surface area contributed by atoms with Crippen molar-refractivity contribution in [3.63, 3.8) is 0 Å². The quantitative estimate of drug-likeness (QED) is 0.842. The van der Waals surface area contributed by atoms with Crippen molar-refractivity contribution >= 4 is 0 Å². The lowest BCUT2D eigenvalue weighted by molar-refractivity contribution is 0.195. The summed E-state index contributed by atoms with van der Waals surface area (Å²) in [6.07, 6.45) is 4.34. The predicted octanol–water partition coefficient (Wildman–Crippen LogP) is 0.537. The van der Waals surface area contributed by atoms with Gasteiger partial charge in [0.25, 0.3) is 0 Å². The van der Waals surface area contributed by atoms with E-state index in [-0.39, 0.29) is 0 Å². The number of hydrogen-bond donors (Lipinski definition) is 1. The van der Waals surface area contributed by atoms with Crippen molar-refractivity contribution in [1.29, 1.82) is 5.26 Å². The molecule has 0 spiro atoms. The minimum absolute atomic E-state index is 0.494. The molecule has 1 saturated heterocycles. The van der Waals surface area contributed by atoms with E-state index in [9.17, 15) is 5.26 Å². The van der Waals surface area contributed by atoms with Crippen molar-refractivity contribution in [2.24, 2.45) is 0 Å². The van der Waals surface area contributed by atoms with E-state index in [1.165, 1.54) is 12.8 Å². The topological polar surface area (TPSA) is 56.9 Å². The first-order valence-corrected chi connectivity index (χ1v) is 7.19. The lowest BCUT2D eigenvalue weighted by atomic mass is 10.1. The monoisotopic (exact) mass is 259 g/mol. The second-order valence-corrected chi connectivity index (χ2v) is 5.59. The zero-order chi connectivity index (χ0) is 13.2. The van der Waals surface area contributed by atoms with Crippen molar-refractivity contribution in [2.45, 2.75) is 38.3 Å². The highest BCUT2D eigenvalue weighted by Crippen LogP contribution is 2.22. The first-order chi connectivity index (χ1) is 9.29. The van der Waals surface area contributed by atoms with Crippen LogP contribution in [0.3, 0.4) is 0 Å². The van der Waals surface area contributed by atoms with Crippen LogP contribution in [0.15, 0.2) is 0 Å². The summed E-state index contributed by atoms with van der Waals surface area (Å²) in [5.41, 5.74) is 1.82. The fraction of sp³-hybridized carbons (Fsp3) is 0.714. The minimum Gasteiger partial charge on any atom is -0.331 e. The second kappa shape index (κ2) is 5.32. The van der Waals surface area contributed by atoms with Crippen molar-refractivity contribution in [1.82, 2.24) is 19.8 Å². The van der Waals surface area contributed by atoms with Crippen LogP contribution in [0.2, 0.25) is 0 Å². The maximum atomic E-state index is 9.22. The maximum Gasteiger partial charge on any atom is 0.161 e. The van der Waals surface area contributed by atoms with Gasteiger partial charge in [0.2, 0.25) is 0 Å². The van der Waals surface area contributed by atoms with Crippen LogP contribution in [0.1, 0.15) is 30.1 Å². The molecule has 5 heteroatoms. The first-order valence-electron chi connectivity index (χ1n) is 7.19. The Kier molecular flexibility index (Phi) is 3.54. The van der Waals surface area contributed by atoms with E-state index in [1.54, 1.807) is 0 Å². The molecule has 0 saturated carbocycles. The fourth-order valence-electron chi connectivity index (χ4n) is 3.16. The van der Waals surface area contributed by atoms with Gasteiger partial charge in [-0.2, -0.15) is 5.26 Å². The highest BCUT2D eigenvalue weighted by molar-refractivity contribution is 5.30. The molecule has 1 unspecified atom stereocenters. The van der Waals surface area contributed by atoms with Gasteiger partial charge in [-0.3, -0.25) is 0 Å². The molecule has 1 aromatic heterocycles. The van der Waals surface area contributed by atoms with Crippen molar-refractivity contribution in [3.8, 4) is 6.07 Å². The molecule has 102 valence electrons. The Morgan fingerprint density at radius 3 is 3.11 bits per heavy atom. The van der Waals surface area contributed by atoms with E-state index in [4.69, 9.17) is 0 Å². The number of piperazine rings is 1. The van der Waals surface area contributed by atoms with Crippen LogP contribution in [0.5, 0.6) is 0 Å². The molecule has 0 aliphatic carbocycles. The summed E-state index contributed by atoms with van der Waals surface area (Å²) in [6.45, 7) is 4.20. The van der Waals surface area contributed by atoms with Gasteiger partial charge in [-0.05, 0) is 26.3 Å². The molecule has 0 amide bonds. The molecule has 3 heterocycles. The lowest BCUT2D eigenvalue weighted by Crippen LogP contribution is -2.50. The zero-order valence-corrected chi connectivity index (χ0v) is 11.5. The van der Waals surface area contributed by atoms with E-state index in [0.29, 0.717) is 11.7 Å². The van der Waals surface area contributed by atoms with Gasteiger partial charge in [-0.1, -0.05) is 0 Å². The molecule has 3 rings (SSSR count). The van der Waals surface area contributed by atoms with Crippen LogP contribution < -0.4 is 5.32 Å². The molecule has 2 aliphatic rings. The van der Waals surface area contributed by atoms with Crippen LogP contribution in [-0.2, 0) is 19.4 Å². The number of nitrogens with one attached hydrogen (secondary N) is 1. The number of aromatic nitrogens is 2. The number of nitrogens with zero attached hydrogens (tertiary/aromatic N) is 4. The third kappa shape index (κ3) is 2.38. The molecule has 0 aromatic carbocycles. The Morgan fingerprint density at radius 2 is 2.32 bits per heavy atom. The molecule has 0 bridgehead atoms. The summed E-state index contributed by atoms with van der Waals surface area (Å²) in [7, 11) is 2.18. The third-order valence-electron chi connectivity index (χ3n) is 4.37. The molecular weight excluding hydrogens is 238 g/mol. The van der Waals surface area contributed by atoms with Gasteiger partial charge >= 0.3 is 0 Å². The summed E-state index contributed by atoms with van der Waals surface area (Å²) >= 11 is 0. The van der Waals surface area contributed by atoms with Gasteiger partial charge < -0.3 is 14.8 Å². The Labute approximate surface area is 114 Å². The average molecular weight is 259 g/mol. The van der Waals surface area contributed by atoms with Crippen molar-refractivity contribution in [2.75, 3.05) is 26.7 Å². The molecule has 1 fully saturated rings. The van der Waals surface area contributed by atoms with E-state index >= 15 is 0 Å². The Bertz CT molecular complexity index is 499. The lowest BCUT2D eigenvalue weighted by Gasteiger charge is -2.33. The van der Waals surface area contributed by atoms with Crippen molar-refractivity contribution in [3.05, 3.63) is 17.2 Å². The Morgan fingerprint density at radius 1 is 1.42 bits per heavy atom. The molecular formula is C14H21N5. The molecule has 1 N–H and O–H groups in total. The Balaban J connectivity index is 1.84. The van der Waals surface area contributed by atoms with Crippen LogP contribution in [0.25, 0.3) is 0 Å². The average Bonchev–Trinajstić information content (AvgIpc) is 2.80. The number of nitriles is 1. The standard InChI is InChI=1S/C14H21N5/c1-18-7-5-16-10-11(18)8-14-17-12(9-15)13-4-2-3-6-19(13)14/h11,16H,2-8,10H2,1H3. The van der Waals surface area contributed by atoms with Gasteiger partial charge in [0, 0.05) is 38.6 Å². The number of imidazole rings is 1. The normalized spacial score (nSPS) is 23.9. The summed E-state index contributed by atoms with van der Waals surface area (Å²) in [5.74, 6) is 1.10. The predicted molar refractivity (Wildman–Crippen MR) is 72.9 cm³/mol. The highest BCUT2D eigenvalue weighted by Gasteiger charge is 2.25. The highest BCUT2D eigenvalue weighted by atomic mass is 15.2. The van der Waals surface area contributed by atoms with Crippen LogP contribution in [-0.4, -0.2) is 47.2 Å². The summed E-state index contributed by atoms with van der Waals surface area (Å²) in [4.78, 5) is 6.98. The molecule has 19 heavy (non-hydrogen) atoms. The SMILES string of the molecule is CN1CCNCC1Cc1nc(C#N)c2n1CCCC2. The van der Waals surface area contributed by atoms with Crippen molar-refractivity contribution < 1.29 is 0 Å². The largest absolute Gasteiger partial charge is 0.331 e. The summed E-state index contributed by atoms with van der Waals surface area (Å²) in [5, 5.41) is 12.7. The minimum atomic E-state index is 0.494. The van der Waals surface area contributed by atoms with Gasteiger partial charge in [-0.25, -0.2) is 4.98 Å². The van der Waals surface area contributed by atoms with Gasteiger partial charge in [0.15, 0.2) is 5.69 Å². The van der Waals surface area contributed by atoms with Gasteiger partial charge in [-0.15, -0.1) is 0 Å². The van der Waals surface area contributed by atoms with Crippen LogP contribution in [0.4, 0.5) is 0 Å². The number of rotatable bonds is 2. The smallest absolute Gasteiger partial charge is 0.161 e. The van der Waals surface area contributed by atoms with Gasteiger partial charge in [0.05, 0.1) is 5.69 Å². The number of hydrogen-bond acceptors (Lipinski definition) is 4. The fourth-order valence-corrected chi connectivity index (χ4v) is 3.16. The van der Waals surface area contributed by atoms with E-state index in [2.05, 4.69) is 32.9 Å². The summed E-state index contributed by atoms with van der Waals surface area (Å²) in [6, 6.07) is 2.76. The zero-order valence-electron chi connectivity index (χ0n) is 11.5. The second-order valence-electron chi connectivity index (χ2n) is 5.59. The maximum absolute atomic E-state index is 9.22. The molecule has 1 aromatic rings. The number of likely N-dealkylation sites (N-methyl/N-ethyl adjacent to an activating group) is 1. The van der Waals surface area contributed by atoms with Crippen LogP contribution >= 0.6 is 0 Å². The van der Waals surface area contributed by atoms with Crippen LogP contribution in [0, 0.1) is 11.3 Å². The first kappa shape index (κ1) is 12.6. The summed E-state index contributed by atoms with van der Waals surface area (Å²) < 4.78 is 2.30. The Hall–Kier alpha value is -1.38.